The van der Waals surface area contributed by atoms with Gasteiger partial charge in [-0.05, 0) is 57.3 Å². The smallest absolute Gasteiger partial charge is 0.461 e. The van der Waals surface area contributed by atoms with Crippen LogP contribution in [0.15, 0.2) is 48.6 Å². The number of nitrogens with zero attached hydrogens (tertiary/aromatic N) is 1. The number of likely N-dealkylation sites (N-methyl/N-ethyl adjacent to an activating group) is 1. The quantitative estimate of drug-likeness (QED) is 0.0156. The van der Waals surface area contributed by atoms with Crippen LogP contribution in [0.3, 0.4) is 0 Å². The fourth-order valence-electron chi connectivity index (χ4n) is 6.78. The highest BCUT2D eigenvalue weighted by atomic mass is 31.2. The molecule has 12 nitrogen and oxygen atoms in total. The monoisotopic (exact) mass is 857 g/mol. The lowest BCUT2D eigenvalue weighted by Crippen LogP contribution is -2.37. The van der Waals surface area contributed by atoms with Crippen LogP contribution in [0, 0.1) is 11.8 Å². The lowest BCUT2D eigenvalue weighted by molar-refractivity contribution is -0.870. The molecule has 7 atom stereocenters. The number of rotatable bonds is 36. The molecule has 1 aliphatic carbocycles. The number of carbonyl (C=O) groups excluding carboxylic acids is 2. The standard InChI is InChI=1S/C46H82NO11P/c1-6-8-10-11-12-13-14-15-16-17-18-19-20-21-22-23-25-31-46(52)58-40(38-57-59(53,54)56-35-34-47(3,4)5)37-55-45(51)30-27-26-29-41-42(44(50)36-43(41)49)33-32-39(48)28-24-9-7-2/h12-13,15-16,26-27,32-33,39-44,48-50H,6-11,14,17-25,28-31,34-38H2,1-5H3/p+1/b13-12-,16-15-,27-26-,33-32+/t39-,40-,41+,42-,43+,44-/m1/s1. The van der Waals surface area contributed by atoms with Gasteiger partial charge in [0.05, 0.1) is 52.5 Å². The van der Waals surface area contributed by atoms with Crippen molar-refractivity contribution in [1.82, 2.24) is 0 Å². The van der Waals surface area contributed by atoms with Gasteiger partial charge in [0.1, 0.15) is 19.8 Å². The molecular formula is C46H83NO11P+. The summed E-state index contributed by atoms with van der Waals surface area (Å²) in [4.78, 5) is 35.6. The van der Waals surface area contributed by atoms with Crippen LogP contribution >= 0.6 is 7.82 Å². The zero-order chi connectivity index (χ0) is 43.8. The van der Waals surface area contributed by atoms with Gasteiger partial charge in [0, 0.05) is 18.8 Å². The van der Waals surface area contributed by atoms with Crippen molar-refractivity contribution in [3.8, 4) is 0 Å². The predicted octanol–water partition coefficient (Wildman–Crippen LogP) is 9.07. The molecule has 0 aromatic heterocycles. The molecule has 1 rings (SSSR count). The van der Waals surface area contributed by atoms with E-state index in [4.69, 9.17) is 18.5 Å². The molecule has 0 amide bonds. The van der Waals surface area contributed by atoms with E-state index in [9.17, 15) is 34.4 Å². The minimum Gasteiger partial charge on any atom is -0.461 e. The second-order valence-corrected chi connectivity index (χ2v) is 18.5. The summed E-state index contributed by atoms with van der Waals surface area (Å²) in [6.07, 6.45) is 31.4. The van der Waals surface area contributed by atoms with Crippen LogP contribution in [0.25, 0.3) is 0 Å². The van der Waals surface area contributed by atoms with Crippen molar-refractivity contribution in [1.29, 1.82) is 0 Å². The summed E-state index contributed by atoms with van der Waals surface area (Å²) in [6.45, 7) is 3.90. The molecule has 59 heavy (non-hydrogen) atoms. The number of carbonyl (C=O) groups is 2. The SMILES string of the molecule is CCCCC/C=C\C/C=C\CCCCCCCCCC(=O)O[C@H](COC(=O)C/C=C\C[C@H]1[C@@H](/C=C/[C@H](O)CCCCC)[C@H](O)C[C@@H]1O)COP(=O)(O)OCC[N+](C)(C)C. The Hall–Kier alpha value is -2.15. The normalized spacial score (nSPS) is 20.9. The van der Waals surface area contributed by atoms with Crippen LogP contribution in [0.1, 0.15) is 149 Å². The first-order chi connectivity index (χ1) is 28.2. The average molecular weight is 857 g/mol. The van der Waals surface area contributed by atoms with Crippen LogP contribution in [-0.2, 0) is 32.7 Å². The van der Waals surface area contributed by atoms with E-state index >= 15 is 0 Å². The molecular weight excluding hydrogens is 773 g/mol. The Morgan fingerprint density at radius 3 is 2.05 bits per heavy atom. The number of phosphoric ester groups is 1. The highest BCUT2D eigenvalue weighted by Crippen LogP contribution is 2.43. The largest absolute Gasteiger partial charge is 0.472 e. The zero-order valence-corrected chi connectivity index (χ0v) is 38.2. The maximum absolute atomic E-state index is 12.8. The summed E-state index contributed by atoms with van der Waals surface area (Å²) < 4.78 is 34.2. The highest BCUT2D eigenvalue weighted by molar-refractivity contribution is 7.47. The highest BCUT2D eigenvalue weighted by Gasteiger charge is 2.39. The van der Waals surface area contributed by atoms with Crippen molar-refractivity contribution < 1.29 is 57.4 Å². The van der Waals surface area contributed by atoms with Gasteiger partial charge in [-0.2, -0.15) is 0 Å². The Bertz CT molecular complexity index is 1260. The molecule has 13 heteroatoms. The summed E-state index contributed by atoms with van der Waals surface area (Å²) in [5.41, 5.74) is 0. The van der Waals surface area contributed by atoms with E-state index in [1.807, 2.05) is 21.1 Å². The molecule has 4 N–H and O–H groups in total. The Morgan fingerprint density at radius 1 is 0.763 bits per heavy atom. The fourth-order valence-corrected chi connectivity index (χ4v) is 7.52. The molecule has 0 bridgehead atoms. The maximum atomic E-state index is 12.8. The van der Waals surface area contributed by atoms with Crippen molar-refractivity contribution in [2.24, 2.45) is 11.8 Å². The van der Waals surface area contributed by atoms with E-state index < -0.39 is 50.8 Å². The number of esters is 2. The summed E-state index contributed by atoms with van der Waals surface area (Å²) in [5.74, 6) is -1.71. The number of aliphatic hydroxyl groups is 3. The lowest BCUT2D eigenvalue weighted by atomic mass is 9.89. The number of ether oxygens (including phenoxy) is 2. The molecule has 0 spiro atoms. The number of hydrogen-bond acceptors (Lipinski definition) is 10. The third-order valence-electron chi connectivity index (χ3n) is 10.4. The van der Waals surface area contributed by atoms with Gasteiger partial charge in [-0.15, -0.1) is 0 Å². The summed E-state index contributed by atoms with van der Waals surface area (Å²) in [7, 11) is 1.29. The number of hydrogen-bond donors (Lipinski definition) is 4. The van der Waals surface area contributed by atoms with E-state index in [-0.39, 0.29) is 44.3 Å². The predicted molar refractivity (Wildman–Crippen MR) is 235 cm³/mol. The number of quaternary nitrogens is 1. The van der Waals surface area contributed by atoms with Gasteiger partial charge in [0.25, 0.3) is 0 Å². The minimum absolute atomic E-state index is 0.0217. The van der Waals surface area contributed by atoms with Crippen molar-refractivity contribution in [2.75, 3.05) is 47.5 Å². The van der Waals surface area contributed by atoms with Gasteiger partial charge in [0.2, 0.25) is 0 Å². The van der Waals surface area contributed by atoms with Crippen molar-refractivity contribution in [2.45, 2.75) is 173 Å². The Balaban J connectivity index is 2.54. The molecule has 1 fully saturated rings. The Labute approximate surface area is 357 Å². The second-order valence-electron chi connectivity index (χ2n) is 17.1. The molecule has 0 aromatic rings. The molecule has 1 unspecified atom stereocenters. The van der Waals surface area contributed by atoms with E-state index in [2.05, 4.69) is 38.2 Å². The van der Waals surface area contributed by atoms with Crippen LogP contribution < -0.4 is 0 Å². The summed E-state index contributed by atoms with van der Waals surface area (Å²) >= 11 is 0. The van der Waals surface area contributed by atoms with Gasteiger partial charge in [-0.3, -0.25) is 18.6 Å². The van der Waals surface area contributed by atoms with Gasteiger partial charge in [-0.25, -0.2) is 4.57 Å². The van der Waals surface area contributed by atoms with E-state index in [0.29, 0.717) is 30.3 Å². The summed E-state index contributed by atoms with van der Waals surface area (Å²) in [6, 6.07) is 0. The number of aliphatic hydroxyl groups excluding tert-OH is 3. The molecule has 0 heterocycles. The molecule has 1 saturated carbocycles. The maximum Gasteiger partial charge on any atom is 0.472 e. The zero-order valence-electron chi connectivity index (χ0n) is 37.3. The van der Waals surface area contributed by atoms with Crippen LogP contribution in [0.5, 0.6) is 0 Å². The first-order valence-electron chi connectivity index (χ1n) is 22.6. The second kappa shape index (κ2) is 33.5. The van der Waals surface area contributed by atoms with Crippen LogP contribution in [0.2, 0.25) is 0 Å². The van der Waals surface area contributed by atoms with Gasteiger partial charge < -0.3 is 34.2 Å². The van der Waals surface area contributed by atoms with Crippen molar-refractivity contribution in [3.63, 3.8) is 0 Å². The first-order valence-corrected chi connectivity index (χ1v) is 24.1. The summed E-state index contributed by atoms with van der Waals surface area (Å²) in [5, 5.41) is 31.4. The molecule has 1 aliphatic rings. The van der Waals surface area contributed by atoms with E-state index in [1.54, 1.807) is 24.3 Å². The number of unbranched alkanes of at least 4 members (excludes halogenated alkanes) is 12. The molecule has 0 radical (unpaired) electrons. The average Bonchev–Trinajstić information content (AvgIpc) is 3.44. The van der Waals surface area contributed by atoms with Crippen LogP contribution in [-0.4, -0.2) is 109 Å². The molecule has 0 aromatic carbocycles. The lowest BCUT2D eigenvalue weighted by Gasteiger charge is -2.24. The van der Waals surface area contributed by atoms with Crippen molar-refractivity contribution >= 4 is 19.8 Å². The Kier molecular flexibility index (Phi) is 31.1. The van der Waals surface area contributed by atoms with Gasteiger partial charge >= 0.3 is 19.8 Å². The topological polar surface area (TPSA) is 169 Å². The minimum atomic E-state index is -4.46. The third kappa shape index (κ3) is 30.5. The Morgan fingerprint density at radius 2 is 1.39 bits per heavy atom. The third-order valence-corrected chi connectivity index (χ3v) is 11.4. The first kappa shape index (κ1) is 54.9. The molecule has 342 valence electrons. The van der Waals surface area contributed by atoms with E-state index in [0.717, 1.165) is 57.8 Å². The van der Waals surface area contributed by atoms with Crippen molar-refractivity contribution in [3.05, 3.63) is 48.6 Å². The van der Waals surface area contributed by atoms with Crippen LogP contribution in [0.4, 0.5) is 0 Å². The fraction of sp³-hybridized carbons (Fsp3) is 0.783. The molecule has 0 aliphatic heterocycles. The van der Waals surface area contributed by atoms with Gasteiger partial charge in [-0.1, -0.05) is 127 Å². The van der Waals surface area contributed by atoms with Gasteiger partial charge in [0.15, 0.2) is 6.10 Å². The molecule has 0 saturated heterocycles. The number of allylic oxidation sites excluding steroid dienone is 5. The van der Waals surface area contributed by atoms with E-state index in [1.165, 1.54) is 38.5 Å². The number of phosphoric acid groups is 1.